The van der Waals surface area contributed by atoms with E-state index in [-0.39, 0.29) is 24.0 Å². The second-order valence-corrected chi connectivity index (χ2v) is 7.26. The molecule has 0 bridgehead atoms. The maximum absolute atomic E-state index is 6.12. The number of ether oxygens (including phenoxy) is 2. The Balaban J connectivity index is 0.00000320. The lowest BCUT2D eigenvalue weighted by Crippen LogP contribution is -2.38. The number of benzene rings is 1. The van der Waals surface area contributed by atoms with E-state index in [0.29, 0.717) is 43.8 Å². The zero-order chi connectivity index (χ0) is 20.5. The molecule has 1 fully saturated rings. The van der Waals surface area contributed by atoms with Gasteiger partial charge in [-0.2, -0.15) is 4.98 Å². The summed E-state index contributed by atoms with van der Waals surface area (Å²) in [6.07, 6.45) is 1.71. The van der Waals surface area contributed by atoms with Crippen LogP contribution in [0.2, 0.25) is 0 Å². The molecule has 1 atom stereocenters. The van der Waals surface area contributed by atoms with Crippen molar-refractivity contribution in [2.75, 3.05) is 32.9 Å². The van der Waals surface area contributed by atoms with Gasteiger partial charge in [0.1, 0.15) is 5.75 Å². The van der Waals surface area contributed by atoms with Crippen molar-refractivity contribution in [1.82, 2.24) is 20.8 Å². The molecule has 0 amide bonds. The van der Waals surface area contributed by atoms with Crippen molar-refractivity contribution >= 4 is 29.9 Å². The van der Waals surface area contributed by atoms with Gasteiger partial charge < -0.3 is 24.6 Å². The zero-order valence-electron chi connectivity index (χ0n) is 17.9. The molecule has 2 N–H and O–H groups in total. The van der Waals surface area contributed by atoms with Crippen molar-refractivity contribution in [3.05, 3.63) is 41.0 Å². The minimum absolute atomic E-state index is 0. The molecule has 2 heterocycles. The third-order valence-electron chi connectivity index (χ3n) is 4.67. The van der Waals surface area contributed by atoms with E-state index < -0.39 is 0 Å². The van der Waals surface area contributed by atoms with Crippen LogP contribution in [0.3, 0.4) is 0 Å². The van der Waals surface area contributed by atoms with Crippen LogP contribution in [0.5, 0.6) is 5.75 Å². The summed E-state index contributed by atoms with van der Waals surface area (Å²) in [6, 6.07) is 6.26. The van der Waals surface area contributed by atoms with Gasteiger partial charge in [0.25, 0.3) is 0 Å². The average Bonchev–Trinajstić information content (AvgIpc) is 3.37. The summed E-state index contributed by atoms with van der Waals surface area (Å²) in [5, 5.41) is 10.4. The molecule has 1 unspecified atom stereocenters. The summed E-state index contributed by atoms with van der Waals surface area (Å²) in [4.78, 5) is 8.93. The van der Waals surface area contributed by atoms with E-state index in [1.807, 2.05) is 13.8 Å². The number of aliphatic imine (C=N–C) groups is 1. The van der Waals surface area contributed by atoms with Gasteiger partial charge in [-0.1, -0.05) is 17.3 Å². The minimum Gasteiger partial charge on any atom is -0.493 e. The average molecular weight is 529 g/mol. The Morgan fingerprint density at radius 2 is 2.17 bits per heavy atom. The van der Waals surface area contributed by atoms with E-state index in [9.17, 15) is 0 Å². The fourth-order valence-corrected chi connectivity index (χ4v) is 3.08. The number of nitrogens with one attached hydrogen (secondary N) is 2. The number of hydrogen-bond acceptors (Lipinski definition) is 6. The van der Waals surface area contributed by atoms with Crippen molar-refractivity contribution in [2.45, 2.75) is 40.2 Å². The highest BCUT2D eigenvalue weighted by Gasteiger charge is 2.17. The molecule has 1 aromatic carbocycles. The zero-order valence-corrected chi connectivity index (χ0v) is 20.3. The molecule has 8 nitrogen and oxygen atoms in total. The van der Waals surface area contributed by atoms with Gasteiger partial charge in [0.2, 0.25) is 5.89 Å². The lowest BCUT2D eigenvalue weighted by molar-refractivity contribution is 0.166. The van der Waals surface area contributed by atoms with Gasteiger partial charge in [0, 0.05) is 37.6 Å². The number of rotatable bonds is 9. The highest BCUT2D eigenvalue weighted by atomic mass is 127. The molecule has 1 aromatic heterocycles. The van der Waals surface area contributed by atoms with Gasteiger partial charge in [0.05, 0.1) is 19.8 Å². The number of guanidine groups is 1. The summed E-state index contributed by atoms with van der Waals surface area (Å²) in [7, 11) is 0. The monoisotopic (exact) mass is 529 g/mol. The largest absolute Gasteiger partial charge is 0.493 e. The van der Waals surface area contributed by atoms with Crippen LogP contribution < -0.4 is 15.4 Å². The van der Waals surface area contributed by atoms with E-state index >= 15 is 0 Å². The molecule has 9 heteroatoms. The fraction of sp³-hybridized carbons (Fsp3) is 0.571. The second-order valence-electron chi connectivity index (χ2n) is 7.26. The van der Waals surface area contributed by atoms with Gasteiger partial charge in [-0.05, 0) is 38.8 Å². The number of hydrogen-bond donors (Lipinski definition) is 2. The first kappa shape index (κ1) is 24.4. The normalized spacial score (nSPS) is 16.2. The number of aryl methyl sites for hydroxylation is 2. The van der Waals surface area contributed by atoms with E-state index in [0.717, 1.165) is 43.5 Å². The number of halogens is 1. The van der Waals surface area contributed by atoms with E-state index in [1.54, 1.807) is 0 Å². The standard InChI is InChI=1S/C21H31N5O3.HI/c1-4-22-21(23-9-7-20-25-16(3)26-29-20)24-12-18-6-5-15(2)11-19(18)28-14-17-8-10-27-13-17;/h5-6,11,17H,4,7-10,12-14H2,1-3H3,(H2,22,23,24);1H. The SMILES string of the molecule is CCNC(=NCc1ccc(C)cc1OCC1CCOC1)NCCc1nc(C)no1.I. The highest BCUT2D eigenvalue weighted by molar-refractivity contribution is 14.0. The Hall–Kier alpha value is -1.88. The van der Waals surface area contributed by atoms with Gasteiger partial charge in [0.15, 0.2) is 11.8 Å². The maximum atomic E-state index is 6.12. The van der Waals surface area contributed by atoms with Crippen LogP contribution in [0, 0.1) is 19.8 Å². The summed E-state index contributed by atoms with van der Waals surface area (Å²) in [5.41, 5.74) is 2.24. The molecule has 3 rings (SSSR count). The molecule has 1 aliphatic heterocycles. The topological polar surface area (TPSA) is 93.8 Å². The quantitative estimate of drug-likeness (QED) is 0.293. The predicted molar refractivity (Wildman–Crippen MR) is 127 cm³/mol. The Morgan fingerprint density at radius 3 is 2.87 bits per heavy atom. The molecule has 166 valence electrons. The molecule has 2 aromatic rings. The van der Waals surface area contributed by atoms with Crippen molar-refractivity contribution in [3.8, 4) is 5.75 Å². The van der Waals surface area contributed by atoms with Gasteiger partial charge in [-0.25, -0.2) is 4.99 Å². The van der Waals surface area contributed by atoms with Gasteiger partial charge in [-0.3, -0.25) is 0 Å². The predicted octanol–water partition coefficient (Wildman–Crippen LogP) is 3.02. The molecule has 0 spiro atoms. The van der Waals surface area contributed by atoms with Crippen LogP contribution >= 0.6 is 24.0 Å². The van der Waals surface area contributed by atoms with Crippen LogP contribution in [0.4, 0.5) is 0 Å². The molecular weight excluding hydrogens is 497 g/mol. The molecule has 0 saturated carbocycles. The Kier molecular flexibility index (Phi) is 10.4. The lowest BCUT2D eigenvalue weighted by Gasteiger charge is -2.15. The van der Waals surface area contributed by atoms with Gasteiger partial charge in [-0.15, -0.1) is 24.0 Å². The second kappa shape index (κ2) is 12.7. The fourth-order valence-electron chi connectivity index (χ4n) is 3.08. The first-order valence-electron chi connectivity index (χ1n) is 10.3. The van der Waals surface area contributed by atoms with Crippen LogP contribution in [-0.2, 0) is 17.7 Å². The first-order chi connectivity index (χ1) is 14.1. The van der Waals surface area contributed by atoms with E-state index in [1.165, 1.54) is 5.56 Å². The maximum Gasteiger partial charge on any atom is 0.228 e. The third-order valence-corrected chi connectivity index (χ3v) is 4.67. The van der Waals surface area contributed by atoms with Crippen LogP contribution in [0.25, 0.3) is 0 Å². The van der Waals surface area contributed by atoms with Crippen molar-refractivity contribution < 1.29 is 14.0 Å². The molecule has 0 radical (unpaired) electrons. The Labute approximate surface area is 195 Å². The van der Waals surface area contributed by atoms with E-state index in [4.69, 9.17) is 19.0 Å². The van der Waals surface area contributed by atoms with E-state index in [2.05, 4.69) is 45.9 Å². The smallest absolute Gasteiger partial charge is 0.228 e. The molecule has 0 aliphatic carbocycles. The van der Waals surface area contributed by atoms with Crippen LogP contribution in [0.15, 0.2) is 27.7 Å². The van der Waals surface area contributed by atoms with Crippen molar-refractivity contribution in [3.63, 3.8) is 0 Å². The molecular formula is C21H32IN5O3. The molecule has 1 saturated heterocycles. The highest BCUT2D eigenvalue weighted by Crippen LogP contribution is 2.23. The third kappa shape index (κ3) is 7.75. The first-order valence-corrected chi connectivity index (χ1v) is 10.3. The van der Waals surface area contributed by atoms with Crippen LogP contribution in [-0.4, -0.2) is 49.0 Å². The Bertz CT molecular complexity index is 806. The summed E-state index contributed by atoms with van der Waals surface area (Å²) in [6.45, 7) is 10.2. The Morgan fingerprint density at radius 1 is 1.30 bits per heavy atom. The minimum atomic E-state index is 0. The van der Waals surface area contributed by atoms with Crippen LogP contribution in [0.1, 0.15) is 36.2 Å². The summed E-state index contributed by atoms with van der Waals surface area (Å²) < 4.78 is 16.7. The molecule has 30 heavy (non-hydrogen) atoms. The van der Waals surface area contributed by atoms with Crippen molar-refractivity contribution in [1.29, 1.82) is 0 Å². The van der Waals surface area contributed by atoms with Gasteiger partial charge >= 0.3 is 0 Å². The summed E-state index contributed by atoms with van der Waals surface area (Å²) >= 11 is 0. The number of nitrogens with zero attached hydrogens (tertiary/aromatic N) is 3. The number of aromatic nitrogens is 2. The lowest BCUT2D eigenvalue weighted by atomic mass is 10.1. The summed E-state index contributed by atoms with van der Waals surface area (Å²) in [5.74, 6) is 3.39. The molecule has 1 aliphatic rings. The van der Waals surface area contributed by atoms with Crippen molar-refractivity contribution in [2.24, 2.45) is 10.9 Å².